The molecule has 0 aromatic heterocycles. The summed E-state index contributed by atoms with van der Waals surface area (Å²) >= 11 is 0. The van der Waals surface area contributed by atoms with Crippen LogP contribution in [0.1, 0.15) is 43.0 Å². The summed E-state index contributed by atoms with van der Waals surface area (Å²) in [7, 11) is -3.13. The van der Waals surface area contributed by atoms with Crippen molar-refractivity contribution in [3.63, 3.8) is 0 Å². The fraction of sp³-hybridized carbons (Fsp3) is 0.356. The summed E-state index contributed by atoms with van der Waals surface area (Å²) < 4.78 is 61.4. The molecule has 0 unspecified atom stereocenters. The summed E-state index contributed by atoms with van der Waals surface area (Å²) in [4.78, 5) is 0. The van der Waals surface area contributed by atoms with Crippen LogP contribution >= 0.6 is 0 Å². The first-order chi connectivity index (χ1) is 34.6. The van der Waals surface area contributed by atoms with E-state index in [-0.39, 0.29) is 51.3 Å². The van der Waals surface area contributed by atoms with Gasteiger partial charge < -0.3 is 52.5 Å². The molecule has 0 aliphatic carbocycles. The second kappa shape index (κ2) is 25.5. The van der Waals surface area contributed by atoms with E-state index in [0.717, 1.165) is 32.6 Å². The zero-order valence-electron chi connectivity index (χ0n) is 40.9. The Labute approximate surface area is 420 Å². The van der Waals surface area contributed by atoms with E-state index in [1.54, 1.807) is 6.08 Å². The van der Waals surface area contributed by atoms with E-state index in [1.807, 2.05) is 158 Å². The molecular formula is C59H68O11Si. The molecule has 6 aromatic rings. The van der Waals surface area contributed by atoms with E-state index in [4.69, 9.17) is 42.3 Å². The number of rotatable bonds is 23. The van der Waals surface area contributed by atoms with Gasteiger partial charge in [0.2, 0.25) is 0 Å². The summed E-state index contributed by atoms with van der Waals surface area (Å²) in [6, 6.07) is 59.8. The minimum absolute atomic E-state index is 0.00882. The van der Waals surface area contributed by atoms with Crippen molar-refractivity contribution in [1.29, 1.82) is 0 Å². The molecule has 0 radical (unpaired) electrons. The highest BCUT2D eigenvalue weighted by atomic mass is 28.4. The molecule has 71 heavy (non-hydrogen) atoms. The van der Waals surface area contributed by atoms with E-state index in [2.05, 4.69) is 51.6 Å². The van der Waals surface area contributed by atoms with Gasteiger partial charge in [0.1, 0.15) is 48.8 Å². The van der Waals surface area contributed by atoms with Gasteiger partial charge in [0, 0.05) is 0 Å². The van der Waals surface area contributed by atoms with Crippen LogP contribution in [0.25, 0.3) is 0 Å². The highest BCUT2D eigenvalue weighted by Crippen LogP contribution is 2.39. The molecule has 0 saturated carbocycles. The Morgan fingerprint density at radius 3 is 1.39 bits per heavy atom. The molecule has 2 heterocycles. The van der Waals surface area contributed by atoms with Gasteiger partial charge in [-0.15, -0.1) is 6.58 Å². The summed E-state index contributed by atoms with van der Waals surface area (Å²) in [5.74, 6) is 0. The van der Waals surface area contributed by atoms with Gasteiger partial charge in [-0.2, -0.15) is 0 Å². The molecule has 2 saturated heterocycles. The number of hydrogen-bond acceptors (Lipinski definition) is 11. The normalized spacial score (nSPS) is 24.9. The van der Waals surface area contributed by atoms with Crippen LogP contribution in [-0.4, -0.2) is 99.8 Å². The molecule has 6 aromatic carbocycles. The lowest BCUT2D eigenvalue weighted by molar-refractivity contribution is -0.370. The van der Waals surface area contributed by atoms with E-state index in [1.165, 1.54) is 0 Å². The third kappa shape index (κ3) is 13.3. The first kappa shape index (κ1) is 52.2. The molecule has 2 fully saturated rings. The SMILES string of the molecule is C=CCO[C@H]1[C@@H](O)[C@@H](CO[Si](c2ccccc2)(c2ccccc2)C(C)(C)C)O[C@@H](O[C@H]2[C@H](OCc3ccccc3)[C@@H](OCc3ccccc3)[C@H](O)O[C@@H]2COCc2ccccc2)[C@@H]1OCc1ccccc1. The molecule has 11 nitrogen and oxygen atoms in total. The average Bonchev–Trinajstić information content (AvgIpc) is 3.40. The number of aliphatic hydroxyl groups excluding tert-OH is 2. The molecule has 0 bridgehead atoms. The minimum Gasteiger partial charge on any atom is -0.405 e. The van der Waals surface area contributed by atoms with Gasteiger partial charge in [0.25, 0.3) is 8.32 Å². The molecule has 12 heteroatoms. The molecular weight excluding hydrogens is 913 g/mol. The van der Waals surface area contributed by atoms with E-state index < -0.39 is 69.7 Å². The van der Waals surface area contributed by atoms with E-state index in [0.29, 0.717) is 0 Å². The fourth-order valence-corrected chi connectivity index (χ4v) is 14.1. The van der Waals surface area contributed by atoms with Crippen molar-refractivity contribution >= 4 is 18.7 Å². The molecule has 10 atom stereocenters. The molecule has 2 aliphatic heterocycles. The van der Waals surface area contributed by atoms with Crippen molar-refractivity contribution in [3.05, 3.63) is 217 Å². The number of aliphatic hydroxyl groups is 2. The summed E-state index contributed by atoms with van der Waals surface area (Å²) in [5, 5.41) is 26.3. The lowest BCUT2D eigenvalue weighted by Crippen LogP contribution is -2.69. The summed E-state index contributed by atoms with van der Waals surface area (Å²) in [5.41, 5.74) is 3.67. The highest BCUT2D eigenvalue weighted by Gasteiger charge is 2.55. The minimum atomic E-state index is -3.13. The third-order valence-electron chi connectivity index (χ3n) is 13.1. The van der Waals surface area contributed by atoms with Crippen LogP contribution in [0.4, 0.5) is 0 Å². The van der Waals surface area contributed by atoms with Gasteiger partial charge in [-0.05, 0) is 37.7 Å². The predicted octanol–water partition coefficient (Wildman–Crippen LogP) is 8.30. The van der Waals surface area contributed by atoms with Crippen LogP contribution < -0.4 is 10.4 Å². The average molecular weight is 981 g/mol. The summed E-state index contributed by atoms with van der Waals surface area (Å²) in [6.07, 6.45) is -9.12. The van der Waals surface area contributed by atoms with Crippen molar-refractivity contribution in [2.24, 2.45) is 0 Å². The van der Waals surface area contributed by atoms with E-state index in [9.17, 15) is 10.2 Å². The Morgan fingerprint density at radius 2 is 0.930 bits per heavy atom. The van der Waals surface area contributed by atoms with Crippen LogP contribution in [0.15, 0.2) is 195 Å². The zero-order valence-corrected chi connectivity index (χ0v) is 41.9. The molecule has 374 valence electrons. The first-order valence-corrected chi connectivity index (χ1v) is 26.4. The van der Waals surface area contributed by atoms with Gasteiger partial charge in [0.15, 0.2) is 12.6 Å². The quantitative estimate of drug-likeness (QED) is 0.0477. The zero-order chi connectivity index (χ0) is 49.5. The van der Waals surface area contributed by atoms with Gasteiger partial charge >= 0.3 is 0 Å². The maximum Gasteiger partial charge on any atom is 0.261 e. The second-order valence-electron chi connectivity index (χ2n) is 19.0. The molecule has 8 rings (SSSR count). The second-order valence-corrected chi connectivity index (χ2v) is 23.4. The van der Waals surface area contributed by atoms with Crippen LogP contribution in [0, 0.1) is 0 Å². The van der Waals surface area contributed by atoms with E-state index >= 15 is 0 Å². The van der Waals surface area contributed by atoms with Gasteiger partial charge in [0.05, 0.1) is 46.2 Å². The third-order valence-corrected chi connectivity index (χ3v) is 18.1. The van der Waals surface area contributed by atoms with Crippen LogP contribution in [0.3, 0.4) is 0 Å². The number of hydrogen-bond donors (Lipinski definition) is 2. The smallest absolute Gasteiger partial charge is 0.261 e. The van der Waals surface area contributed by atoms with Crippen molar-refractivity contribution < 1.29 is 52.5 Å². The Balaban J connectivity index is 1.18. The number of ether oxygens (including phenoxy) is 8. The first-order valence-electron chi connectivity index (χ1n) is 24.5. The lowest BCUT2D eigenvalue weighted by Gasteiger charge is -2.50. The topological polar surface area (TPSA) is 124 Å². The standard InChI is InChI=1S/C59H68O11Si/c1-5-36-63-53-51(60)49(42-67-71(59(2,3)4,47-32-20-10-21-33-47)48-34-22-11-23-35-48)69-58(56(53)66-40-46-30-18-9-19-31-46)70-52-50(41-62-37-43-24-12-6-13-25-43)68-57(61)55(65-39-45-28-16-8-17-29-45)54(52)64-38-44-26-14-7-15-27-44/h5-35,49-58,60-61H,1,36-42H2,2-4H3/t49-,50-,51+,52-,53+,54+,55-,56-,57-,58+/m1/s1. The van der Waals surface area contributed by atoms with Crippen LogP contribution in [0.2, 0.25) is 5.04 Å². The maximum atomic E-state index is 12.6. The highest BCUT2D eigenvalue weighted by molar-refractivity contribution is 6.99. The Morgan fingerprint density at radius 1 is 0.493 bits per heavy atom. The van der Waals surface area contributed by atoms with Crippen LogP contribution in [0.5, 0.6) is 0 Å². The maximum absolute atomic E-state index is 12.6. The molecule has 2 aliphatic rings. The summed E-state index contributed by atoms with van der Waals surface area (Å²) in [6.45, 7) is 11.4. The van der Waals surface area contributed by atoms with Crippen molar-refractivity contribution in [2.45, 2.75) is 114 Å². The van der Waals surface area contributed by atoms with Gasteiger partial charge in [-0.1, -0.05) is 209 Å². The molecule has 2 N–H and O–H groups in total. The number of benzene rings is 6. The predicted molar refractivity (Wildman–Crippen MR) is 275 cm³/mol. The largest absolute Gasteiger partial charge is 0.405 e. The Bertz CT molecular complexity index is 2410. The molecule has 0 spiro atoms. The van der Waals surface area contributed by atoms with Crippen molar-refractivity contribution in [1.82, 2.24) is 0 Å². The monoisotopic (exact) mass is 980 g/mol. The Hall–Kier alpha value is -5.16. The lowest BCUT2D eigenvalue weighted by atomic mass is 9.96. The van der Waals surface area contributed by atoms with Gasteiger partial charge in [-0.25, -0.2) is 0 Å². The Kier molecular flexibility index (Phi) is 18.7. The fourth-order valence-electron chi connectivity index (χ4n) is 9.54. The van der Waals surface area contributed by atoms with Gasteiger partial charge in [-0.3, -0.25) is 0 Å². The molecule has 0 amide bonds. The van der Waals surface area contributed by atoms with Crippen molar-refractivity contribution in [3.8, 4) is 0 Å². The van der Waals surface area contributed by atoms with Crippen molar-refractivity contribution in [2.75, 3.05) is 19.8 Å². The van der Waals surface area contributed by atoms with Crippen LogP contribution in [-0.2, 0) is 68.7 Å².